The molecule has 0 saturated heterocycles. The molecule has 0 fully saturated rings. The lowest BCUT2D eigenvalue weighted by Crippen LogP contribution is -2.37. The Balaban J connectivity index is 1.16. The standard InChI is InChI=1S/C74H81BN2O/c1-67(2,3)40-23-26-42(27-24-40)76-56-37-45-44-34-52-54(71(11,12)31-29-69(52,7)8)38-51(44)73(15,16)50(45)35-46(56)60-59-43-21-19-20-22-49(43)74(17,18)62(59)61-47-36-53-55(72(13,14)32-30-70(53,9)10)39-57(47)77-64-48-33-41(68(4,5)6)25-28-58(48)78-66(64)75-63(60)65(61)77/h19-28,33-39,75-76H,29-32H2,1-18H3. The molecule has 0 bridgehead atoms. The summed E-state index contributed by atoms with van der Waals surface area (Å²) in [7, 11) is 0.681. The Bertz CT molecular complexity index is 4140. The molecule has 1 aliphatic heterocycles. The highest BCUT2D eigenvalue weighted by Crippen LogP contribution is 2.61. The monoisotopic (exact) mass is 1020 g/mol. The van der Waals surface area contributed by atoms with E-state index in [-0.39, 0.29) is 43.3 Å². The van der Waals surface area contributed by atoms with Gasteiger partial charge in [0.1, 0.15) is 5.58 Å². The van der Waals surface area contributed by atoms with Gasteiger partial charge >= 0.3 is 0 Å². The summed E-state index contributed by atoms with van der Waals surface area (Å²) < 4.78 is 10.1. The second kappa shape index (κ2) is 15.3. The van der Waals surface area contributed by atoms with Gasteiger partial charge in [0.05, 0.1) is 16.9 Å². The molecule has 1 N–H and O–H groups in total. The van der Waals surface area contributed by atoms with Gasteiger partial charge in [0.25, 0.3) is 0 Å². The van der Waals surface area contributed by atoms with E-state index in [0.717, 1.165) is 29.0 Å². The molecule has 14 rings (SSSR count). The number of aromatic nitrogens is 1. The van der Waals surface area contributed by atoms with Crippen molar-refractivity contribution in [3.8, 4) is 39.1 Å². The van der Waals surface area contributed by atoms with Gasteiger partial charge in [-0.2, -0.15) is 0 Å². The Morgan fingerprint density at radius 2 is 1.04 bits per heavy atom. The third-order valence-electron chi connectivity index (χ3n) is 21.0. The van der Waals surface area contributed by atoms with Crippen LogP contribution >= 0.6 is 0 Å². The predicted octanol–water partition coefficient (Wildman–Crippen LogP) is 18.5. The highest BCUT2D eigenvalue weighted by molar-refractivity contribution is 6.73. The summed E-state index contributed by atoms with van der Waals surface area (Å²) in [4.78, 5) is 0. The minimum Gasteiger partial charge on any atom is -0.469 e. The molecule has 4 aliphatic carbocycles. The van der Waals surface area contributed by atoms with E-state index in [1.807, 2.05) is 0 Å². The van der Waals surface area contributed by atoms with Gasteiger partial charge in [-0.3, -0.25) is 0 Å². The van der Waals surface area contributed by atoms with Crippen molar-refractivity contribution < 1.29 is 4.42 Å². The largest absolute Gasteiger partial charge is 0.469 e. The molecule has 3 nitrogen and oxygen atoms in total. The van der Waals surface area contributed by atoms with E-state index in [9.17, 15) is 0 Å². The van der Waals surface area contributed by atoms with Crippen molar-refractivity contribution in [3.63, 3.8) is 0 Å². The molecular formula is C74H81BN2O. The van der Waals surface area contributed by atoms with Crippen molar-refractivity contribution in [1.82, 2.24) is 4.57 Å². The van der Waals surface area contributed by atoms with E-state index in [1.165, 1.54) is 147 Å². The predicted molar refractivity (Wildman–Crippen MR) is 335 cm³/mol. The lowest BCUT2D eigenvalue weighted by molar-refractivity contribution is 0.331. The maximum absolute atomic E-state index is 7.33. The molecule has 0 saturated carbocycles. The van der Waals surface area contributed by atoms with E-state index < -0.39 is 0 Å². The van der Waals surface area contributed by atoms with E-state index in [0.29, 0.717) is 7.28 Å². The van der Waals surface area contributed by atoms with E-state index in [2.05, 4.69) is 238 Å². The fourth-order valence-corrected chi connectivity index (χ4v) is 15.9. The third-order valence-corrected chi connectivity index (χ3v) is 21.0. The fourth-order valence-electron chi connectivity index (χ4n) is 15.9. The van der Waals surface area contributed by atoms with Crippen LogP contribution in [0.25, 0.3) is 71.8 Å². The van der Waals surface area contributed by atoms with Crippen LogP contribution in [0.2, 0.25) is 0 Å². The van der Waals surface area contributed by atoms with Crippen molar-refractivity contribution in [2.75, 3.05) is 5.32 Å². The average molecular weight is 1030 g/mol. The smallest absolute Gasteiger partial charge is 0.244 e. The molecule has 0 atom stereocenters. The average Bonchev–Trinajstić information content (AvgIpc) is 2.22. The van der Waals surface area contributed by atoms with Crippen LogP contribution in [0.5, 0.6) is 0 Å². The Hall–Kier alpha value is -6.26. The number of furan rings is 1. The van der Waals surface area contributed by atoms with E-state index in [4.69, 9.17) is 4.42 Å². The van der Waals surface area contributed by atoms with Gasteiger partial charge in [-0.1, -0.05) is 173 Å². The first-order chi connectivity index (χ1) is 36.4. The van der Waals surface area contributed by atoms with E-state index in [1.54, 1.807) is 0 Å². The van der Waals surface area contributed by atoms with Crippen molar-refractivity contribution in [2.24, 2.45) is 0 Å². The second-order valence-electron chi connectivity index (χ2n) is 30.8. The maximum atomic E-state index is 7.33. The maximum Gasteiger partial charge on any atom is 0.244 e. The van der Waals surface area contributed by atoms with Gasteiger partial charge in [0.15, 0.2) is 0 Å². The van der Waals surface area contributed by atoms with Crippen molar-refractivity contribution in [1.29, 1.82) is 0 Å². The SMILES string of the molecule is CC(C)(C)c1ccc(Nc2cc3c(cc2-c2c4c(c5c6cc7c(cc6n6c5c2Bc2oc5ccc(C(C)(C)C)cc5c2-6)C(C)(C)CCC7(C)C)C(C)(C)c2ccccc2-4)C(C)(C)c2cc4c(cc2-3)C(C)(C)CCC4(C)C)cc1. The lowest BCUT2D eigenvalue weighted by Gasteiger charge is -2.42. The van der Waals surface area contributed by atoms with Crippen molar-refractivity contribution >= 4 is 62.6 Å². The van der Waals surface area contributed by atoms with Gasteiger partial charge < -0.3 is 14.3 Å². The van der Waals surface area contributed by atoms with Gasteiger partial charge in [0.2, 0.25) is 7.28 Å². The summed E-state index contributed by atoms with van der Waals surface area (Å²) in [5, 5.41) is 8.19. The number of hydrogen-bond donors (Lipinski definition) is 1. The summed E-state index contributed by atoms with van der Waals surface area (Å²) in [5.74, 6) is 0. The number of nitrogens with zero attached hydrogens (tertiary/aromatic N) is 1. The molecule has 0 amide bonds. The first kappa shape index (κ1) is 50.0. The highest BCUT2D eigenvalue weighted by Gasteiger charge is 2.48. The molecular weight excluding hydrogens is 944 g/mol. The van der Waals surface area contributed by atoms with Crippen LogP contribution in [0.1, 0.15) is 206 Å². The zero-order chi connectivity index (χ0) is 55.1. The summed E-state index contributed by atoms with van der Waals surface area (Å²) in [5.41, 5.74) is 31.6. The van der Waals surface area contributed by atoms with Crippen LogP contribution in [0.3, 0.4) is 0 Å². The molecule has 2 aromatic heterocycles. The van der Waals surface area contributed by atoms with Crippen molar-refractivity contribution in [3.05, 3.63) is 159 Å². The third kappa shape index (κ3) is 6.70. The summed E-state index contributed by atoms with van der Waals surface area (Å²) in [6.45, 7) is 43.8. The number of anilines is 2. The number of fused-ring (bicyclic) bond motifs is 16. The second-order valence-corrected chi connectivity index (χ2v) is 30.8. The summed E-state index contributed by atoms with van der Waals surface area (Å²) >= 11 is 0. The Labute approximate surface area is 465 Å². The minimum atomic E-state index is -0.303. The van der Waals surface area contributed by atoms with Crippen LogP contribution < -0.4 is 16.4 Å². The van der Waals surface area contributed by atoms with Gasteiger partial charge in [0, 0.05) is 49.4 Å². The normalized spacial score (nSPS) is 19.2. The molecule has 4 heteroatoms. The number of nitrogens with one attached hydrogen (secondary N) is 1. The molecule has 0 unspecified atom stereocenters. The number of hydrogen-bond acceptors (Lipinski definition) is 2. The Kier molecular flexibility index (Phi) is 9.84. The number of benzene rings is 7. The molecule has 0 radical (unpaired) electrons. The molecule has 5 aliphatic rings. The van der Waals surface area contributed by atoms with Crippen LogP contribution in [-0.2, 0) is 43.3 Å². The van der Waals surface area contributed by atoms with Crippen LogP contribution in [0.4, 0.5) is 11.4 Å². The minimum absolute atomic E-state index is 0.0271. The van der Waals surface area contributed by atoms with Gasteiger partial charge in [-0.25, -0.2) is 0 Å². The molecule has 396 valence electrons. The van der Waals surface area contributed by atoms with Crippen LogP contribution in [-0.4, -0.2) is 11.8 Å². The quantitative estimate of drug-likeness (QED) is 0.179. The Morgan fingerprint density at radius 1 is 0.487 bits per heavy atom. The van der Waals surface area contributed by atoms with E-state index >= 15 is 0 Å². The van der Waals surface area contributed by atoms with Gasteiger partial charge in [-0.05, 0) is 202 Å². The van der Waals surface area contributed by atoms with Gasteiger partial charge in [-0.15, -0.1) is 0 Å². The molecule has 7 aromatic carbocycles. The Morgan fingerprint density at radius 3 is 1.68 bits per heavy atom. The van der Waals surface area contributed by atoms with Crippen LogP contribution in [0.15, 0.2) is 108 Å². The summed E-state index contributed by atoms with van der Waals surface area (Å²) in [6, 6.07) is 41.5. The lowest BCUT2D eigenvalue weighted by atomic mass is 9.60. The first-order valence-electron chi connectivity index (χ1n) is 29.6. The first-order valence-corrected chi connectivity index (χ1v) is 29.6. The fraction of sp³-hybridized carbons (Fsp3) is 0.405. The topological polar surface area (TPSA) is 30.1 Å². The molecule has 0 spiro atoms. The molecule has 78 heavy (non-hydrogen) atoms. The molecule has 3 heterocycles. The van der Waals surface area contributed by atoms with Crippen LogP contribution in [0, 0.1) is 0 Å². The van der Waals surface area contributed by atoms with Crippen molar-refractivity contribution in [2.45, 2.75) is 194 Å². The number of rotatable bonds is 3. The summed E-state index contributed by atoms with van der Waals surface area (Å²) in [6.07, 6.45) is 4.70. The zero-order valence-corrected chi connectivity index (χ0v) is 50.2. The molecule has 9 aromatic rings. The highest BCUT2D eigenvalue weighted by atomic mass is 16.3. The zero-order valence-electron chi connectivity index (χ0n) is 50.2.